The highest BCUT2D eigenvalue weighted by Gasteiger charge is 2.19. The van der Waals surface area contributed by atoms with E-state index in [2.05, 4.69) is 54.9 Å². The van der Waals surface area contributed by atoms with E-state index in [4.69, 9.17) is 9.72 Å². The second-order valence-electron chi connectivity index (χ2n) is 7.53. The highest BCUT2D eigenvalue weighted by atomic mass is 79.9. The van der Waals surface area contributed by atoms with Gasteiger partial charge in [-0.2, -0.15) is 0 Å². The van der Waals surface area contributed by atoms with Gasteiger partial charge in [-0.3, -0.25) is 4.90 Å². The summed E-state index contributed by atoms with van der Waals surface area (Å²) in [6.45, 7) is 9.27. The number of hydrogen-bond donors (Lipinski definition) is 1. The van der Waals surface area contributed by atoms with E-state index in [1.165, 1.54) is 12.1 Å². The molecule has 1 aliphatic heterocycles. The first kappa shape index (κ1) is 19.4. The fraction of sp³-hybridized carbons (Fsp3) is 0.409. The SMILES string of the molecule is CC(C)Oc1ccc(-c2nc3c(Br)cccn3c2CN2CCCNCC2)cc1. The van der Waals surface area contributed by atoms with Crippen LogP contribution in [-0.2, 0) is 6.54 Å². The van der Waals surface area contributed by atoms with E-state index in [1.807, 2.05) is 32.0 Å². The molecular weight excluding hydrogens is 416 g/mol. The smallest absolute Gasteiger partial charge is 0.152 e. The summed E-state index contributed by atoms with van der Waals surface area (Å²) in [5.41, 5.74) is 4.36. The molecule has 3 aromatic rings. The number of hydrogen-bond acceptors (Lipinski definition) is 4. The second-order valence-corrected chi connectivity index (χ2v) is 8.38. The molecule has 0 unspecified atom stereocenters. The summed E-state index contributed by atoms with van der Waals surface area (Å²) in [7, 11) is 0. The molecule has 0 radical (unpaired) electrons. The lowest BCUT2D eigenvalue weighted by Gasteiger charge is -2.20. The maximum atomic E-state index is 5.80. The van der Waals surface area contributed by atoms with Gasteiger partial charge >= 0.3 is 0 Å². The molecule has 0 atom stereocenters. The predicted octanol–water partition coefficient (Wildman–Crippen LogP) is 4.35. The Labute approximate surface area is 174 Å². The number of nitrogens with zero attached hydrogens (tertiary/aromatic N) is 3. The molecular formula is C22H27BrN4O. The molecule has 1 N–H and O–H groups in total. The van der Waals surface area contributed by atoms with Gasteiger partial charge in [-0.25, -0.2) is 4.98 Å². The number of pyridine rings is 1. The van der Waals surface area contributed by atoms with Gasteiger partial charge in [0.25, 0.3) is 0 Å². The lowest BCUT2D eigenvalue weighted by molar-refractivity contribution is 0.242. The molecule has 1 fully saturated rings. The molecule has 3 heterocycles. The Hall–Kier alpha value is -1.89. The molecule has 6 heteroatoms. The van der Waals surface area contributed by atoms with Crippen molar-refractivity contribution >= 4 is 21.6 Å². The van der Waals surface area contributed by atoms with Crippen molar-refractivity contribution in [3.63, 3.8) is 0 Å². The average molecular weight is 443 g/mol. The highest BCUT2D eigenvalue weighted by Crippen LogP contribution is 2.30. The number of benzene rings is 1. The number of nitrogens with one attached hydrogen (secondary N) is 1. The third-order valence-corrected chi connectivity index (χ3v) is 5.63. The maximum Gasteiger partial charge on any atom is 0.152 e. The molecule has 0 aliphatic carbocycles. The van der Waals surface area contributed by atoms with Crippen LogP contribution in [-0.4, -0.2) is 46.6 Å². The van der Waals surface area contributed by atoms with Crippen molar-refractivity contribution < 1.29 is 4.74 Å². The molecule has 1 aliphatic rings. The van der Waals surface area contributed by atoms with Gasteiger partial charge < -0.3 is 14.5 Å². The number of aromatic nitrogens is 2. The standard InChI is InChI=1S/C22H27BrN4O/c1-16(2)28-18-8-6-17(7-9-18)21-20(15-26-12-4-10-24-11-14-26)27-13-3-5-19(23)22(27)25-21/h3,5-9,13,16,24H,4,10-12,14-15H2,1-2H3. The van der Waals surface area contributed by atoms with E-state index in [-0.39, 0.29) is 6.10 Å². The normalized spacial score (nSPS) is 15.9. The number of imidazole rings is 1. The minimum Gasteiger partial charge on any atom is -0.491 e. The summed E-state index contributed by atoms with van der Waals surface area (Å²) in [5, 5.41) is 3.49. The van der Waals surface area contributed by atoms with Gasteiger partial charge in [-0.1, -0.05) is 0 Å². The van der Waals surface area contributed by atoms with Gasteiger partial charge in [0.05, 0.1) is 22.0 Å². The summed E-state index contributed by atoms with van der Waals surface area (Å²) in [4.78, 5) is 7.51. The fourth-order valence-corrected chi connectivity index (χ4v) is 4.13. The van der Waals surface area contributed by atoms with E-state index in [1.54, 1.807) is 0 Å². The van der Waals surface area contributed by atoms with Gasteiger partial charge in [0.1, 0.15) is 5.75 Å². The van der Waals surface area contributed by atoms with Crippen LogP contribution in [0.3, 0.4) is 0 Å². The van der Waals surface area contributed by atoms with Crippen LogP contribution < -0.4 is 10.1 Å². The van der Waals surface area contributed by atoms with Crippen LogP contribution in [0.1, 0.15) is 26.0 Å². The topological polar surface area (TPSA) is 41.8 Å². The molecule has 0 bridgehead atoms. The van der Waals surface area contributed by atoms with Crippen molar-refractivity contribution in [2.45, 2.75) is 32.9 Å². The minimum absolute atomic E-state index is 0.171. The Morgan fingerprint density at radius 3 is 2.75 bits per heavy atom. The molecule has 0 saturated carbocycles. The minimum atomic E-state index is 0.171. The molecule has 5 nitrogen and oxygen atoms in total. The summed E-state index contributed by atoms with van der Waals surface area (Å²) >= 11 is 3.67. The first-order chi connectivity index (χ1) is 13.6. The first-order valence-electron chi connectivity index (χ1n) is 9.97. The molecule has 148 valence electrons. The maximum absolute atomic E-state index is 5.80. The van der Waals surface area contributed by atoms with E-state index in [0.29, 0.717) is 0 Å². The van der Waals surface area contributed by atoms with Crippen molar-refractivity contribution in [1.82, 2.24) is 19.6 Å². The van der Waals surface area contributed by atoms with Crippen molar-refractivity contribution in [1.29, 1.82) is 0 Å². The monoisotopic (exact) mass is 442 g/mol. The van der Waals surface area contributed by atoms with Gasteiger partial charge in [0, 0.05) is 31.4 Å². The summed E-state index contributed by atoms with van der Waals surface area (Å²) in [6, 6.07) is 12.4. The highest BCUT2D eigenvalue weighted by molar-refractivity contribution is 9.10. The predicted molar refractivity (Wildman–Crippen MR) is 117 cm³/mol. The van der Waals surface area contributed by atoms with Crippen molar-refractivity contribution in [2.75, 3.05) is 26.2 Å². The largest absolute Gasteiger partial charge is 0.491 e. The zero-order valence-electron chi connectivity index (χ0n) is 16.5. The Morgan fingerprint density at radius 1 is 1.14 bits per heavy atom. The summed E-state index contributed by atoms with van der Waals surface area (Å²) in [6.07, 6.45) is 3.46. The molecule has 4 rings (SSSR count). The van der Waals surface area contributed by atoms with E-state index < -0.39 is 0 Å². The van der Waals surface area contributed by atoms with Gasteiger partial charge in [-0.15, -0.1) is 0 Å². The lowest BCUT2D eigenvalue weighted by atomic mass is 10.1. The Morgan fingerprint density at radius 2 is 1.96 bits per heavy atom. The van der Waals surface area contributed by atoms with Crippen LogP contribution in [0.15, 0.2) is 47.1 Å². The number of rotatable bonds is 5. The van der Waals surface area contributed by atoms with E-state index in [9.17, 15) is 0 Å². The Balaban J connectivity index is 1.73. The number of fused-ring (bicyclic) bond motifs is 1. The zero-order chi connectivity index (χ0) is 19.5. The van der Waals surface area contributed by atoms with Crippen LogP contribution in [0.25, 0.3) is 16.9 Å². The Kier molecular flexibility index (Phi) is 5.99. The summed E-state index contributed by atoms with van der Waals surface area (Å²) in [5.74, 6) is 0.892. The number of halogens is 1. The van der Waals surface area contributed by atoms with Crippen LogP contribution in [0.5, 0.6) is 5.75 Å². The third-order valence-electron chi connectivity index (χ3n) is 5.01. The van der Waals surface area contributed by atoms with Gasteiger partial charge in [0.15, 0.2) is 5.65 Å². The van der Waals surface area contributed by atoms with E-state index in [0.717, 1.165) is 59.9 Å². The second kappa shape index (κ2) is 8.64. The lowest BCUT2D eigenvalue weighted by Crippen LogP contribution is -2.28. The fourth-order valence-electron chi connectivity index (χ4n) is 3.70. The molecule has 1 aromatic carbocycles. The van der Waals surface area contributed by atoms with Gasteiger partial charge in [0.2, 0.25) is 0 Å². The van der Waals surface area contributed by atoms with Crippen molar-refractivity contribution in [3.05, 3.63) is 52.8 Å². The van der Waals surface area contributed by atoms with Crippen LogP contribution in [0.4, 0.5) is 0 Å². The zero-order valence-corrected chi connectivity index (χ0v) is 18.1. The molecule has 2 aromatic heterocycles. The quantitative estimate of drug-likeness (QED) is 0.637. The van der Waals surface area contributed by atoms with Crippen LogP contribution in [0, 0.1) is 0 Å². The molecule has 28 heavy (non-hydrogen) atoms. The number of ether oxygens (including phenoxy) is 1. The molecule has 0 spiro atoms. The average Bonchev–Trinajstić information content (AvgIpc) is 2.85. The molecule has 1 saturated heterocycles. The molecule has 0 amide bonds. The third kappa shape index (κ3) is 4.24. The van der Waals surface area contributed by atoms with E-state index >= 15 is 0 Å². The van der Waals surface area contributed by atoms with Crippen molar-refractivity contribution in [3.8, 4) is 17.0 Å². The van der Waals surface area contributed by atoms with Crippen LogP contribution in [0.2, 0.25) is 0 Å². The van der Waals surface area contributed by atoms with Crippen molar-refractivity contribution in [2.24, 2.45) is 0 Å². The van der Waals surface area contributed by atoms with Gasteiger partial charge in [-0.05, 0) is 85.7 Å². The van der Waals surface area contributed by atoms with Crippen LogP contribution >= 0.6 is 15.9 Å². The Bertz CT molecular complexity index is 928. The summed E-state index contributed by atoms with van der Waals surface area (Å²) < 4.78 is 9.03. The first-order valence-corrected chi connectivity index (χ1v) is 10.8.